The maximum Gasteiger partial charge on any atom is 0.171 e. The van der Waals surface area contributed by atoms with Gasteiger partial charge in [-0.25, -0.2) is 0 Å². The maximum atomic E-state index is 5.89. The number of ether oxygens (including phenoxy) is 1. The van der Waals surface area contributed by atoms with Crippen LogP contribution in [0.15, 0.2) is 28.8 Å². The normalized spacial score (nSPS) is 13.8. The van der Waals surface area contributed by atoms with Crippen LogP contribution in [0.2, 0.25) is 0 Å². The van der Waals surface area contributed by atoms with Gasteiger partial charge >= 0.3 is 0 Å². The van der Waals surface area contributed by atoms with Crippen LogP contribution in [-0.2, 0) is 19.6 Å². The van der Waals surface area contributed by atoms with Crippen LogP contribution in [-0.4, -0.2) is 19.9 Å². The summed E-state index contributed by atoms with van der Waals surface area (Å²) >= 11 is 0. The minimum Gasteiger partial charge on any atom is -0.486 e. The van der Waals surface area contributed by atoms with Gasteiger partial charge in [0.05, 0.1) is 5.69 Å². The van der Waals surface area contributed by atoms with Crippen LogP contribution < -0.4 is 4.74 Å². The average Bonchev–Trinajstić information content (AvgIpc) is 3.17. The van der Waals surface area contributed by atoms with E-state index in [-0.39, 0.29) is 0 Å². The number of benzene rings is 1. The van der Waals surface area contributed by atoms with E-state index in [1.165, 1.54) is 12.8 Å². The van der Waals surface area contributed by atoms with E-state index < -0.39 is 0 Å². The Hall–Kier alpha value is -2.63. The summed E-state index contributed by atoms with van der Waals surface area (Å²) in [5.41, 5.74) is 3.03. The standard InChI is InChI=1S/C18H20N4O2/c1-12-18(13(2)24-21-12)14-6-8-15(9-7-14)23-11-17-20-19-16-5-3-4-10-22(16)17/h6-9H,3-5,10-11H2,1-2H3. The van der Waals surface area contributed by atoms with Gasteiger partial charge in [0.15, 0.2) is 5.82 Å². The Bertz CT molecular complexity index is 829. The van der Waals surface area contributed by atoms with Crippen LogP contribution >= 0.6 is 0 Å². The summed E-state index contributed by atoms with van der Waals surface area (Å²) in [6.07, 6.45) is 3.39. The van der Waals surface area contributed by atoms with E-state index in [1.807, 2.05) is 38.1 Å². The number of fused-ring (bicyclic) bond motifs is 1. The second-order valence-electron chi connectivity index (χ2n) is 6.15. The SMILES string of the molecule is Cc1noc(C)c1-c1ccc(OCc2nnc3n2CCCC3)cc1. The molecule has 0 unspecified atom stereocenters. The largest absolute Gasteiger partial charge is 0.486 e. The molecule has 0 N–H and O–H groups in total. The van der Waals surface area contributed by atoms with E-state index in [9.17, 15) is 0 Å². The molecule has 0 saturated heterocycles. The predicted molar refractivity (Wildman–Crippen MR) is 88.7 cm³/mol. The summed E-state index contributed by atoms with van der Waals surface area (Å²) in [4.78, 5) is 0. The van der Waals surface area contributed by atoms with E-state index in [0.717, 1.165) is 52.9 Å². The Balaban J connectivity index is 1.47. The lowest BCUT2D eigenvalue weighted by Crippen LogP contribution is -2.14. The number of aromatic nitrogens is 4. The van der Waals surface area contributed by atoms with Crippen molar-refractivity contribution in [3.8, 4) is 16.9 Å². The van der Waals surface area contributed by atoms with Gasteiger partial charge < -0.3 is 13.8 Å². The third-order valence-electron chi connectivity index (χ3n) is 4.48. The van der Waals surface area contributed by atoms with Crippen molar-refractivity contribution in [3.05, 3.63) is 47.4 Å². The molecule has 3 aromatic rings. The maximum absolute atomic E-state index is 5.89. The first-order valence-electron chi connectivity index (χ1n) is 8.29. The van der Waals surface area contributed by atoms with Crippen molar-refractivity contribution >= 4 is 0 Å². The molecule has 0 aliphatic carbocycles. The highest BCUT2D eigenvalue weighted by atomic mass is 16.5. The summed E-state index contributed by atoms with van der Waals surface area (Å²) in [6.45, 7) is 5.31. The fourth-order valence-corrected chi connectivity index (χ4v) is 3.24. The molecule has 0 radical (unpaired) electrons. The average molecular weight is 324 g/mol. The van der Waals surface area contributed by atoms with Crippen LogP contribution in [0.1, 0.15) is 35.9 Å². The molecule has 24 heavy (non-hydrogen) atoms. The van der Waals surface area contributed by atoms with E-state index >= 15 is 0 Å². The lowest BCUT2D eigenvalue weighted by atomic mass is 10.0. The molecule has 0 atom stereocenters. The Labute approximate surface area is 140 Å². The summed E-state index contributed by atoms with van der Waals surface area (Å²) in [5, 5.41) is 12.5. The molecule has 1 aromatic carbocycles. The van der Waals surface area contributed by atoms with Crippen molar-refractivity contribution in [2.75, 3.05) is 0 Å². The minimum atomic E-state index is 0.442. The number of nitrogens with zero attached hydrogens (tertiary/aromatic N) is 4. The Morgan fingerprint density at radius 1 is 1.12 bits per heavy atom. The number of hydrogen-bond donors (Lipinski definition) is 0. The third-order valence-corrected chi connectivity index (χ3v) is 4.48. The zero-order valence-corrected chi connectivity index (χ0v) is 14.0. The first-order chi connectivity index (χ1) is 11.7. The molecular formula is C18H20N4O2. The molecule has 0 spiro atoms. The molecular weight excluding hydrogens is 304 g/mol. The summed E-state index contributed by atoms with van der Waals surface area (Å²) in [6, 6.07) is 7.99. The minimum absolute atomic E-state index is 0.442. The van der Waals surface area contributed by atoms with Crippen LogP contribution in [0.5, 0.6) is 5.75 Å². The molecule has 6 heteroatoms. The van der Waals surface area contributed by atoms with Crippen molar-refractivity contribution in [1.29, 1.82) is 0 Å². The zero-order valence-electron chi connectivity index (χ0n) is 14.0. The van der Waals surface area contributed by atoms with Gasteiger partial charge in [0.2, 0.25) is 0 Å². The molecule has 4 rings (SSSR count). The second kappa shape index (κ2) is 6.11. The highest BCUT2D eigenvalue weighted by Gasteiger charge is 2.16. The molecule has 1 aliphatic rings. The van der Waals surface area contributed by atoms with Crippen LogP contribution in [0.25, 0.3) is 11.1 Å². The van der Waals surface area contributed by atoms with E-state index in [0.29, 0.717) is 6.61 Å². The fourth-order valence-electron chi connectivity index (χ4n) is 3.24. The highest BCUT2D eigenvalue weighted by Crippen LogP contribution is 2.28. The van der Waals surface area contributed by atoms with Crippen LogP contribution in [0.3, 0.4) is 0 Å². The number of aryl methyl sites for hydroxylation is 3. The summed E-state index contributed by atoms with van der Waals surface area (Å²) < 4.78 is 13.3. The van der Waals surface area contributed by atoms with Gasteiger partial charge in [-0.15, -0.1) is 10.2 Å². The lowest BCUT2D eigenvalue weighted by molar-refractivity contribution is 0.286. The van der Waals surface area contributed by atoms with Gasteiger partial charge in [-0.2, -0.15) is 0 Å². The molecule has 6 nitrogen and oxygen atoms in total. The van der Waals surface area contributed by atoms with Gasteiger partial charge in [0.25, 0.3) is 0 Å². The molecule has 2 aromatic heterocycles. The number of hydrogen-bond acceptors (Lipinski definition) is 5. The quantitative estimate of drug-likeness (QED) is 0.735. The molecule has 124 valence electrons. The van der Waals surface area contributed by atoms with Crippen molar-refractivity contribution in [2.24, 2.45) is 0 Å². The zero-order chi connectivity index (χ0) is 16.5. The van der Waals surface area contributed by atoms with Crippen molar-refractivity contribution < 1.29 is 9.26 Å². The van der Waals surface area contributed by atoms with Crippen molar-refractivity contribution in [3.63, 3.8) is 0 Å². The van der Waals surface area contributed by atoms with Gasteiger partial charge in [-0.05, 0) is 44.4 Å². The molecule has 0 fully saturated rings. The highest BCUT2D eigenvalue weighted by molar-refractivity contribution is 5.68. The van der Waals surface area contributed by atoms with Crippen molar-refractivity contribution in [2.45, 2.75) is 46.3 Å². The van der Waals surface area contributed by atoms with Crippen LogP contribution in [0.4, 0.5) is 0 Å². The van der Waals surface area contributed by atoms with Gasteiger partial charge in [-0.3, -0.25) is 0 Å². The topological polar surface area (TPSA) is 66.0 Å². The van der Waals surface area contributed by atoms with E-state index in [1.54, 1.807) is 0 Å². The molecule has 0 saturated carbocycles. The molecule has 0 amide bonds. The Kier molecular flexibility index (Phi) is 3.80. The number of rotatable bonds is 4. The predicted octanol–water partition coefficient (Wildman–Crippen LogP) is 3.47. The Morgan fingerprint density at radius 3 is 2.71 bits per heavy atom. The Morgan fingerprint density at radius 2 is 1.96 bits per heavy atom. The monoisotopic (exact) mass is 324 g/mol. The van der Waals surface area contributed by atoms with Gasteiger partial charge in [0.1, 0.15) is 23.9 Å². The van der Waals surface area contributed by atoms with E-state index in [4.69, 9.17) is 9.26 Å². The summed E-state index contributed by atoms with van der Waals surface area (Å²) in [7, 11) is 0. The molecule has 0 bridgehead atoms. The molecule has 1 aliphatic heterocycles. The fraction of sp³-hybridized carbons (Fsp3) is 0.389. The van der Waals surface area contributed by atoms with E-state index in [2.05, 4.69) is 19.9 Å². The molecule has 3 heterocycles. The lowest BCUT2D eigenvalue weighted by Gasteiger charge is -2.15. The summed E-state index contributed by atoms with van der Waals surface area (Å²) in [5.74, 6) is 3.63. The van der Waals surface area contributed by atoms with Crippen molar-refractivity contribution in [1.82, 2.24) is 19.9 Å². The van der Waals surface area contributed by atoms with Crippen LogP contribution in [0, 0.1) is 13.8 Å². The smallest absolute Gasteiger partial charge is 0.171 e. The first-order valence-corrected chi connectivity index (χ1v) is 8.29. The van der Waals surface area contributed by atoms with Gasteiger partial charge in [-0.1, -0.05) is 17.3 Å². The third kappa shape index (κ3) is 2.68. The second-order valence-corrected chi connectivity index (χ2v) is 6.15. The van der Waals surface area contributed by atoms with Gasteiger partial charge in [0, 0.05) is 18.5 Å². The first kappa shape index (κ1) is 14.9.